The molecule has 17 heavy (non-hydrogen) atoms. The lowest BCUT2D eigenvalue weighted by atomic mass is 9.92. The molecule has 3 rings (SSSR count). The van der Waals surface area contributed by atoms with Crippen LogP contribution in [0.2, 0.25) is 0 Å². The third-order valence-electron chi connectivity index (χ3n) is 4.51. The molecule has 0 aromatic heterocycles. The van der Waals surface area contributed by atoms with Crippen LogP contribution >= 0.6 is 0 Å². The third kappa shape index (κ3) is 1.77. The number of fused-ring (bicyclic) bond motifs is 3. The summed E-state index contributed by atoms with van der Waals surface area (Å²) in [4.78, 5) is 0. The Labute approximate surface area is 103 Å². The van der Waals surface area contributed by atoms with Crippen LogP contribution in [0.4, 0.5) is 0 Å². The van der Waals surface area contributed by atoms with Gasteiger partial charge in [-0.2, -0.15) is 0 Å². The molecule has 2 aliphatic rings. The molecular weight excluding hydrogens is 206 g/mol. The summed E-state index contributed by atoms with van der Waals surface area (Å²) in [6, 6.07) is 9.17. The van der Waals surface area contributed by atoms with Gasteiger partial charge in [0.25, 0.3) is 0 Å². The van der Waals surface area contributed by atoms with E-state index < -0.39 is 0 Å². The predicted octanol–water partition coefficient (Wildman–Crippen LogP) is 2.70. The molecule has 1 aromatic carbocycles. The Morgan fingerprint density at radius 3 is 3.06 bits per heavy atom. The fourth-order valence-corrected chi connectivity index (χ4v) is 3.65. The number of hydrogen-bond donors (Lipinski definition) is 1. The highest BCUT2D eigenvalue weighted by atomic mass is 14.7. The highest BCUT2D eigenvalue weighted by Gasteiger charge is 2.54. The van der Waals surface area contributed by atoms with Gasteiger partial charge in [0, 0.05) is 12.5 Å². The highest BCUT2D eigenvalue weighted by Crippen LogP contribution is 2.61. The van der Waals surface area contributed by atoms with Crippen molar-refractivity contribution < 1.29 is 0 Å². The molecule has 0 aliphatic heterocycles. The minimum absolute atomic E-state index is 0.298. The van der Waals surface area contributed by atoms with Crippen LogP contribution in [0.25, 0.3) is 0 Å². The van der Waals surface area contributed by atoms with Gasteiger partial charge < -0.3 is 5.73 Å². The van der Waals surface area contributed by atoms with Crippen LogP contribution in [0.15, 0.2) is 24.3 Å². The Hall–Kier alpha value is -1.26. The normalized spacial score (nSPS) is 30.9. The molecule has 2 aliphatic carbocycles. The van der Waals surface area contributed by atoms with Gasteiger partial charge in [0.15, 0.2) is 0 Å². The number of aryl methyl sites for hydroxylation is 1. The molecule has 4 unspecified atom stereocenters. The van der Waals surface area contributed by atoms with E-state index in [4.69, 9.17) is 12.2 Å². The molecule has 88 valence electrons. The highest BCUT2D eigenvalue weighted by molar-refractivity contribution is 5.39. The largest absolute Gasteiger partial charge is 0.327 e. The number of benzene rings is 1. The second-order valence-electron chi connectivity index (χ2n) is 5.41. The molecule has 0 heterocycles. The molecule has 1 fully saturated rings. The van der Waals surface area contributed by atoms with Crippen molar-refractivity contribution in [1.29, 1.82) is 0 Å². The molecular formula is C16H19N. The maximum absolute atomic E-state index is 6.29. The van der Waals surface area contributed by atoms with E-state index in [9.17, 15) is 0 Å². The van der Waals surface area contributed by atoms with Gasteiger partial charge in [0.1, 0.15) is 0 Å². The van der Waals surface area contributed by atoms with Gasteiger partial charge in [-0.25, -0.2) is 0 Å². The molecule has 1 heteroatoms. The van der Waals surface area contributed by atoms with Crippen LogP contribution < -0.4 is 5.73 Å². The van der Waals surface area contributed by atoms with E-state index in [1.165, 1.54) is 12.8 Å². The first kappa shape index (κ1) is 10.9. The third-order valence-corrected chi connectivity index (χ3v) is 4.51. The summed E-state index contributed by atoms with van der Waals surface area (Å²) < 4.78 is 0. The van der Waals surface area contributed by atoms with E-state index in [0.717, 1.165) is 24.7 Å². The van der Waals surface area contributed by atoms with Crippen molar-refractivity contribution in [2.24, 2.45) is 17.6 Å². The average Bonchev–Trinajstić information content (AvgIpc) is 3.11. The van der Waals surface area contributed by atoms with Gasteiger partial charge in [0.05, 0.1) is 0 Å². The number of nitrogens with two attached hydrogens (primary N) is 1. The zero-order chi connectivity index (χ0) is 11.8. The van der Waals surface area contributed by atoms with Gasteiger partial charge in [-0.05, 0) is 48.1 Å². The number of terminal acetylenes is 1. The van der Waals surface area contributed by atoms with Gasteiger partial charge in [-0.3, -0.25) is 0 Å². The summed E-state index contributed by atoms with van der Waals surface area (Å²) in [5, 5.41) is 0. The lowest BCUT2D eigenvalue weighted by molar-refractivity contribution is 0.510. The van der Waals surface area contributed by atoms with Crippen molar-refractivity contribution in [3.8, 4) is 12.3 Å². The Bertz CT molecular complexity index is 457. The fraction of sp³-hybridized carbons (Fsp3) is 0.500. The predicted molar refractivity (Wildman–Crippen MR) is 70.5 cm³/mol. The molecule has 0 bridgehead atoms. The smallest absolute Gasteiger partial charge is 0.0101 e. The van der Waals surface area contributed by atoms with Gasteiger partial charge in [-0.15, -0.1) is 12.3 Å². The monoisotopic (exact) mass is 225 g/mol. The summed E-state index contributed by atoms with van der Waals surface area (Å²) in [5.74, 6) is 4.95. The lowest BCUT2D eigenvalue weighted by Crippen LogP contribution is -2.23. The number of hydrogen-bond acceptors (Lipinski definition) is 1. The molecule has 1 nitrogen and oxygen atoms in total. The van der Waals surface area contributed by atoms with E-state index in [0.29, 0.717) is 12.0 Å². The summed E-state index contributed by atoms with van der Waals surface area (Å²) in [6.45, 7) is 0. The van der Waals surface area contributed by atoms with Crippen LogP contribution in [0, 0.1) is 24.2 Å². The minimum atomic E-state index is 0.298. The Balaban J connectivity index is 1.76. The van der Waals surface area contributed by atoms with Crippen LogP contribution in [-0.2, 0) is 6.42 Å². The summed E-state index contributed by atoms with van der Waals surface area (Å²) in [5.41, 5.74) is 9.39. The zero-order valence-electron chi connectivity index (χ0n) is 10.1. The first-order valence-electron chi connectivity index (χ1n) is 6.59. The van der Waals surface area contributed by atoms with E-state index >= 15 is 0 Å². The Morgan fingerprint density at radius 2 is 2.24 bits per heavy atom. The van der Waals surface area contributed by atoms with Gasteiger partial charge >= 0.3 is 0 Å². The van der Waals surface area contributed by atoms with Crippen molar-refractivity contribution in [3.05, 3.63) is 35.4 Å². The molecule has 0 spiro atoms. The number of rotatable bonds is 3. The molecule has 2 N–H and O–H groups in total. The topological polar surface area (TPSA) is 26.0 Å². The summed E-state index contributed by atoms with van der Waals surface area (Å²) >= 11 is 0. The fourth-order valence-electron chi connectivity index (χ4n) is 3.65. The molecule has 0 saturated heterocycles. The van der Waals surface area contributed by atoms with Gasteiger partial charge in [-0.1, -0.05) is 24.3 Å². The summed E-state index contributed by atoms with van der Waals surface area (Å²) in [6.07, 6.45) is 9.66. The van der Waals surface area contributed by atoms with Gasteiger partial charge in [0.2, 0.25) is 0 Å². The first-order chi connectivity index (χ1) is 8.33. The molecule has 0 amide bonds. The minimum Gasteiger partial charge on any atom is -0.327 e. The SMILES string of the molecule is C#CCCC(N)C1C2CCc3ccccc3C21. The molecule has 4 atom stereocenters. The maximum atomic E-state index is 6.29. The van der Waals surface area contributed by atoms with E-state index in [-0.39, 0.29) is 0 Å². The standard InChI is InChI=1S/C16H19N/c1-2-3-8-14(17)16-13-10-9-11-6-4-5-7-12(11)15(13)16/h1,4-7,13-16H,3,8-10,17H2. The second-order valence-corrected chi connectivity index (χ2v) is 5.41. The first-order valence-corrected chi connectivity index (χ1v) is 6.59. The van der Waals surface area contributed by atoms with Crippen LogP contribution in [0.3, 0.4) is 0 Å². The molecule has 1 saturated carbocycles. The van der Waals surface area contributed by atoms with Crippen LogP contribution in [0.1, 0.15) is 36.3 Å². The van der Waals surface area contributed by atoms with Crippen molar-refractivity contribution in [2.75, 3.05) is 0 Å². The van der Waals surface area contributed by atoms with Crippen LogP contribution in [-0.4, -0.2) is 6.04 Å². The molecule has 0 radical (unpaired) electrons. The van der Waals surface area contributed by atoms with Crippen molar-refractivity contribution in [1.82, 2.24) is 0 Å². The summed E-state index contributed by atoms with van der Waals surface area (Å²) in [7, 11) is 0. The quantitative estimate of drug-likeness (QED) is 0.786. The zero-order valence-corrected chi connectivity index (χ0v) is 10.1. The Morgan fingerprint density at radius 1 is 1.41 bits per heavy atom. The van der Waals surface area contributed by atoms with Crippen molar-refractivity contribution >= 4 is 0 Å². The van der Waals surface area contributed by atoms with E-state index in [1.807, 2.05) is 0 Å². The molecule has 1 aromatic rings. The lowest BCUT2D eigenvalue weighted by Gasteiger charge is -2.13. The second kappa shape index (κ2) is 4.20. The Kier molecular flexibility index (Phi) is 2.68. The van der Waals surface area contributed by atoms with Crippen molar-refractivity contribution in [3.63, 3.8) is 0 Å². The van der Waals surface area contributed by atoms with E-state index in [2.05, 4.69) is 30.2 Å². The van der Waals surface area contributed by atoms with E-state index in [1.54, 1.807) is 11.1 Å². The van der Waals surface area contributed by atoms with Crippen molar-refractivity contribution in [2.45, 2.75) is 37.6 Å². The average molecular weight is 225 g/mol. The van der Waals surface area contributed by atoms with Crippen LogP contribution in [0.5, 0.6) is 0 Å². The maximum Gasteiger partial charge on any atom is 0.0101 e.